The zero-order chi connectivity index (χ0) is 24.7. The minimum Gasteiger partial charge on any atom is -0.496 e. The Labute approximate surface area is 203 Å². The summed E-state index contributed by atoms with van der Waals surface area (Å²) in [6.45, 7) is 3.51. The molecule has 2 fully saturated rings. The van der Waals surface area contributed by atoms with Crippen LogP contribution in [0.3, 0.4) is 0 Å². The van der Waals surface area contributed by atoms with Crippen molar-refractivity contribution in [3.8, 4) is 5.75 Å². The van der Waals surface area contributed by atoms with Gasteiger partial charge in [-0.3, -0.25) is 4.90 Å². The number of carbonyl (C=O) groups is 1. The second-order valence-electron chi connectivity index (χ2n) is 9.90. The molecule has 186 valence electrons. The zero-order valence-electron chi connectivity index (χ0n) is 20.0. The molecule has 2 aromatic carbocycles. The number of ether oxygens (including phenoxy) is 1. The number of piperidine rings is 1. The molecule has 2 aliphatic rings. The maximum atomic E-state index is 13.4. The second kappa shape index (κ2) is 9.24. The van der Waals surface area contributed by atoms with E-state index in [1.807, 2.05) is 18.3 Å². The summed E-state index contributed by atoms with van der Waals surface area (Å²) in [6.07, 6.45) is 3.36. The summed E-state index contributed by atoms with van der Waals surface area (Å²) in [6, 6.07) is 11.1. The summed E-state index contributed by atoms with van der Waals surface area (Å²) in [4.78, 5) is 17.1. The number of hydrogen-bond donors (Lipinski definition) is 3. The van der Waals surface area contributed by atoms with Gasteiger partial charge in [-0.25, -0.2) is 13.6 Å². The Kier molecular flexibility index (Phi) is 6.27. The number of nitrogens with one attached hydrogen (secondary N) is 2. The first-order chi connectivity index (χ1) is 16.7. The van der Waals surface area contributed by atoms with Gasteiger partial charge in [-0.2, -0.15) is 0 Å². The Bertz CT molecular complexity index is 1220. The summed E-state index contributed by atoms with van der Waals surface area (Å²) in [5.74, 6) is -2.66. The lowest BCUT2D eigenvalue weighted by Gasteiger charge is -2.44. The summed E-state index contributed by atoms with van der Waals surface area (Å²) < 4.78 is 32.5. The van der Waals surface area contributed by atoms with E-state index in [1.54, 1.807) is 19.2 Å². The molecule has 2 unspecified atom stereocenters. The molecule has 1 aromatic heterocycles. The molecule has 1 aliphatic carbocycles. The fourth-order valence-corrected chi connectivity index (χ4v) is 5.65. The van der Waals surface area contributed by atoms with E-state index in [9.17, 15) is 18.7 Å². The molecule has 0 bridgehead atoms. The molecule has 1 saturated carbocycles. The Morgan fingerprint density at radius 3 is 2.63 bits per heavy atom. The number of benzene rings is 2. The van der Waals surface area contributed by atoms with Crippen molar-refractivity contribution in [1.82, 2.24) is 15.2 Å². The number of carboxylic acids is 1. The van der Waals surface area contributed by atoms with Crippen LogP contribution in [0.15, 0.2) is 42.6 Å². The highest BCUT2D eigenvalue weighted by molar-refractivity contribution is 5.88. The maximum absolute atomic E-state index is 13.4. The normalized spacial score (nSPS) is 22.7. The Morgan fingerprint density at radius 1 is 1.23 bits per heavy atom. The number of aryl methyl sites for hydroxylation is 1. The highest BCUT2D eigenvalue weighted by atomic mass is 19.3. The monoisotopic (exact) mass is 483 g/mol. The van der Waals surface area contributed by atoms with Crippen molar-refractivity contribution in [3.63, 3.8) is 0 Å². The van der Waals surface area contributed by atoms with Gasteiger partial charge in [-0.05, 0) is 55.2 Å². The SMILES string of the molecule is COc1cc(C)c2[nH]ccc2c1CN1CCC(NC2CC(F)(F)C2)CC1c1ccc(C(=O)O)cc1. The van der Waals surface area contributed by atoms with Crippen LogP contribution in [0.1, 0.15) is 58.8 Å². The van der Waals surface area contributed by atoms with Crippen molar-refractivity contribution < 1.29 is 23.4 Å². The summed E-state index contributed by atoms with van der Waals surface area (Å²) >= 11 is 0. The van der Waals surface area contributed by atoms with Gasteiger partial charge in [0.2, 0.25) is 0 Å². The predicted octanol–water partition coefficient (Wildman–Crippen LogP) is 5.28. The van der Waals surface area contributed by atoms with Gasteiger partial charge < -0.3 is 20.1 Å². The van der Waals surface area contributed by atoms with Gasteiger partial charge >= 0.3 is 5.97 Å². The molecule has 5 rings (SSSR count). The van der Waals surface area contributed by atoms with Crippen LogP contribution in [0.5, 0.6) is 5.75 Å². The van der Waals surface area contributed by atoms with E-state index >= 15 is 0 Å². The third-order valence-electron chi connectivity index (χ3n) is 7.51. The predicted molar refractivity (Wildman–Crippen MR) is 130 cm³/mol. The number of aromatic carboxylic acids is 1. The number of methoxy groups -OCH3 is 1. The number of nitrogens with zero attached hydrogens (tertiary/aromatic N) is 1. The molecule has 0 radical (unpaired) electrons. The number of alkyl halides is 2. The van der Waals surface area contributed by atoms with E-state index in [2.05, 4.69) is 34.3 Å². The van der Waals surface area contributed by atoms with Gasteiger partial charge in [0.15, 0.2) is 0 Å². The molecule has 2 atom stereocenters. The third-order valence-corrected chi connectivity index (χ3v) is 7.51. The molecule has 6 nitrogen and oxygen atoms in total. The number of fused-ring (bicyclic) bond motifs is 1. The average molecular weight is 484 g/mol. The lowest BCUT2D eigenvalue weighted by Crippen LogP contribution is -2.54. The van der Waals surface area contributed by atoms with Gasteiger partial charge in [-0.1, -0.05) is 12.1 Å². The molecule has 1 saturated heterocycles. The fraction of sp³-hybridized carbons (Fsp3) is 0.444. The van der Waals surface area contributed by atoms with Crippen LogP contribution in [0.25, 0.3) is 10.9 Å². The number of carboxylic acid groups (broad SMARTS) is 1. The topological polar surface area (TPSA) is 77.6 Å². The molecule has 0 amide bonds. The standard InChI is InChI=1S/C27H31F2N3O3/c1-16-11-24(35-2)22(21-7-9-30-25(16)21)15-32-10-8-19(31-20-13-27(28,29)14-20)12-23(32)17-3-5-18(6-4-17)26(33)34/h3-7,9,11,19-20,23,30-31H,8,10,12-15H2,1-2H3,(H,33,34). The van der Waals surface area contributed by atoms with Gasteiger partial charge in [-0.15, -0.1) is 0 Å². The first kappa shape index (κ1) is 23.8. The highest BCUT2D eigenvalue weighted by Crippen LogP contribution is 2.40. The lowest BCUT2D eigenvalue weighted by atomic mass is 9.85. The van der Waals surface area contributed by atoms with Crippen molar-refractivity contribution in [1.29, 1.82) is 0 Å². The summed E-state index contributed by atoms with van der Waals surface area (Å²) in [7, 11) is 1.68. The molecule has 1 aliphatic heterocycles. The highest BCUT2D eigenvalue weighted by Gasteiger charge is 2.46. The molecule has 3 aromatic rings. The van der Waals surface area contributed by atoms with Crippen LogP contribution in [-0.4, -0.2) is 52.6 Å². The van der Waals surface area contributed by atoms with E-state index in [4.69, 9.17) is 4.74 Å². The van der Waals surface area contributed by atoms with Crippen molar-refractivity contribution in [2.45, 2.75) is 63.2 Å². The average Bonchev–Trinajstić information content (AvgIpc) is 3.31. The second-order valence-corrected chi connectivity index (χ2v) is 9.90. The molecule has 2 heterocycles. The van der Waals surface area contributed by atoms with Crippen molar-refractivity contribution in [2.75, 3.05) is 13.7 Å². The van der Waals surface area contributed by atoms with E-state index in [0.717, 1.165) is 52.7 Å². The number of halogens is 2. The van der Waals surface area contributed by atoms with E-state index in [-0.39, 0.29) is 36.5 Å². The van der Waals surface area contributed by atoms with Crippen LogP contribution < -0.4 is 10.1 Å². The molecule has 35 heavy (non-hydrogen) atoms. The van der Waals surface area contributed by atoms with Gasteiger partial charge in [0.05, 0.1) is 12.7 Å². The Balaban J connectivity index is 1.43. The Hall–Kier alpha value is -2.97. The van der Waals surface area contributed by atoms with Crippen molar-refractivity contribution in [3.05, 3.63) is 64.8 Å². The number of aromatic amines is 1. The maximum Gasteiger partial charge on any atom is 0.335 e. The van der Waals surface area contributed by atoms with Gasteiger partial charge in [0, 0.05) is 66.7 Å². The minimum absolute atomic E-state index is 0.0182. The fourth-order valence-electron chi connectivity index (χ4n) is 5.65. The summed E-state index contributed by atoms with van der Waals surface area (Å²) in [5, 5.41) is 13.9. The number of hydrogen-bond acceptors (Lipinski definition) is 4. The first-order valence-corrected chi connectivity index (χ1v) is 12.1. The molecule has 8 heteroatoms. The van der Waals surface area contributed by atoms with Crippen LogP contribution in [0.2, 0.25) is 0 Å². The van der Waals surface area contributed by atoms with Crippen molar-refractivity contribution in [2.24, 2.45) is 0 Å². The van der Waals surface area contributed by atoms with E-state index in [0.29, 0.717) is 6.54 Å². The number of aromatic nitrogens is 1. The summed E-state index contributed by atoms with van der Waals surface area (Å²) in [5.41, 5.74) is 4.58. The third kappa shape index (κ3) is 4.77. The lowest BCUT2D eigenvalue weighted by molar-refractivity contribution is -0.0965. The zero-order valence-corrected chi connectivity index (χ0v) is 20.0. The van der Waals surface area contributed by atoms with Crippen LogP contribution >= 0.6 is 0 Å². The number of H-pyrrole nitrogens is 1. The van der Waals surface area contributed by atoms with Crippen LogP contribution in [0, 0.1) is 6.92 Å². The smallest absolute Gasteiger partial charge is 0.335 e. The van der Waals surface area contributed by atoms with Crippen LogP contribution in [0.4, 0.5) is 8.78 Å². The first-order valence-electron chi connectivity index (χ1n) is 12.1. The number of rotatable bonds is 7. The van der Waals surface area contributed by atoms with Crippen molar-refractivity contribution >= 4 is 16.9 Å². The largest absolute Gasteiger partial charge is 0.496 e. The van der Waals surface area contributed by atoms with Crippen LogP contribution in [-0.2, 0) is 6.54 Å². The number of likely N-dealkylation sites (tertiary alicyclic amines) is 1. The quantitative estimate of drug-likeness (QED) is 0.427. The van der Waals surface area contributed by atoms with Gasteiger partial charge in [0.1, 0.15) is 5.75 Å². The van der Waals surface area contributed by atoms with Gasteiger partial charge in [0.25, 0.3) is 5.92 Å². The molecule has 3 N–H and O–H groups in total. The molecular weight excluding hydrogens is 452 g/mol. The van der Waals surface area contributed by atoms with E-state index in [1.165, 1.54) is 0 Å². The molecule has 0 spiro atoms. The molecular formula is C27H31F2N3O3. The van der Waals surface area contributed by atoms with E-state index < -0.39 is 11.9 Å². The minimum atomic E-state index is -2.55. The Morgan fingerprint density at radius 2 is 1.97 bits per heavy atom.